The third-order valence-electron chi connectivity index (χ3n) is 2.27. The highest BCUT2D eigenvalue weighted by molar-refractivity contribution is 9.10. The number of likely N-dealkylation sites (N-methyl/N-ethyl adjacent to an activating group) is 1. The smallest absolute Gasteiger partial charge is 0.252 e. The van der Waals surface area contributed by atoms with Crippen LogP contribution >= 0.6 is 15.9 Å². The minimum absolute atomic E-state index is 0.0338. The van der Waals surface area contributed by atoms with Crippen LogP contribution in [0, 0.1) is 6.92 Å². The molecule has 2 N–H and O–H groups in total. The van der Waals surface area contributed by atoms with Crippen molar-refractivity contribution in [1.29, 1.82) is 0 Å². The van der Waals surface area contributed by atoms with E-state index in [4.69, 9.17) is 0 Å². The molecule has 0 radical (unpaired) electrons. The predicted molar refractivity (Wildman–Crippen MR) is 69.8 cm³/mol. The Labute approximate surface area is 105 Å². The molecule has 3 nitrogen and oxygen atoms in total. The third-order valence-corrected chi connectivity index (χ3v) is 3.33. The van der Waals surface area contributed by atoms with Crippen molar-refractivity contribution < 1.29 is 4.79 Å². The van der Waals surface area contributed by atoms with E-state index in [1.54, 1.807) is 0 Å². The molecule has 0 aliphatic carbocycles. The van der Waals surface area contributed by atoms with Crippen LogP contribution in [0.3, 0.4) is 0 Å². The fraction of sp³-hybridized carbons (Fsp3) is 0.417. The lowest BCUT2D eigenvalue weighted by atomic mass is 10.1. The van der Waals surface area contributed by atoms with Gasteiger partial charge in [-0.3, -0.25) is 4.79 Å². The SMILES string of the molecule is CCNCCNC(=O)c1cccc(C)c1Br. The minimum Gasteiger partial charge on any atom is -0.351 e. The molecule has 0 saturated heterocycles. The van der Waals surface area contributed by atoms with Crippen LogP contribution in [-0.4, -0.2) is 25.5 Å². The Balaban J connectivity index is 2.56. The average molecular weight is 285 g/mol. The molecule has 0 saturated carbocycles. The number of hydrogen-bond acceptors (Lipinski definition) is 2. The van der Waals surface area contributed by atoms with Gasteiger partial charge in [0.25, 0.3) is 5.91 Å². The second kappa shape index (κ2) is 6.66. The van der Waals surface area contributed by atoms with E-state index >= 15 is 0 Å². The maximum Gasteiger partial charge on any atom is 0.252 e. The summed E-state index contributed by atoms with van der Waals surface area (Å²) < 4.78 is 0.871. The molecule has 0 unspecified atom stereocenters. The van der Waals surface area contributed by atoms with E-state index in [0.717, 1.165) is 23.1 Å². The summed E-state index contributed by atoms with van der Waals surface area (Å²) in [5, 5.41) is 6.03. The summed E-state index contributed by atoms with van der Waals surface area (Å²) in [6.07, 6.45) is 0. The Morgan fingerprint density at radius 2 is 2.12 bits per heavy atom. The van der Waals surface area contributed by atoms with Crippen LogP contribution in [0.5, 0.6) is 0 Å². The maximum absolute atomic E-state index is 11.8. The first kappa shape index (κ1) is 13.2. The molecule has 4 heteroatoms. The van der Waals surface area contributed by atoms with Crippen LogP contribution in [0.25, 0.3) is 0 Å². The van der Waals surface area contributed by atoms with Crippen molar-refractivity contribution in [3.8, 4) is 0 Å². The van der Waals surface area contributed by atoms with Gasteiger partial charge in [-0.2, -0.15) is 0 Å². The molecule has 0 aliphatic heterocycles. The monoisotopic (exact) mass is 284 g/mol. The molecule has 0 aromatic heterocycles. The van der Waals surface area contributed by atoms with Crippen molar-refractivity contribution in [2.24, 2.45) is 0 Å². The molecule has 0 aliphatic rings. The topological polar surface area (TPSA) is 41.1 Å². The molecule has 0 atom stereocenters. The lowest BCUT2D eigenvalue weighted by molar-refractivity contribution is 0.0953. The van der Waals surface area contributed by atoms with Crippen molar-refractivity contribution in [3.63, 3.8) is 0 Å². The van der Waals surface area contributed by atoms with Gasteiger partial charge in [0.15, 0.2) is 0 Å². The van der Waals surface area contributed by atoms with E-state index in [1.807, 2.05) is 32.0 Å². The lowest BCUT2D eigenvalue weighted by Crippen LogP contribution is -2.31. The highest BCUT2D eigenvalue weighted by Gasteiger charge is 2.09. The van der Waals surface area contributed by atoms with Crippen molar-refractivity contribution in [2.75, 3.05) is 19.6 Å². The van der Waals surface area contributed by atoms with Gasteiger partial charge in [0.05, 0.1) is 5.56 Å². The number of halogens is 1. The van der Waals surface area contributed by atoms with E-state index in [9.17, 15) is 4.79 Å². The zero-order chi connectivity index (χ0) is 12.0. The van der Waals surface area contributed by atoms with E-state index in [1.165, 1.54) is 0 Å². The number of rotatable bonds is 5. The van der Waals surface area contributed by atoms with Gasteiger partial charge in [0.1, 0.15) is 0 Å². The normalized spacial score (nSPS) is 10.2. The fourth-order valence-electron chi connectivity index (χ4n) is 1.36. The van der Waals surface area contributed by atoms with E-state index in [-0.39, 0.29) is 5.91 Å². The summed E-state index contributed by atoms with van der Waals surface area (Å²) in [7, 11) is 0. The first-order valence-corrected chi connectivity index (χ1v) is 6.20. The van der Waals surface area contributed by atoms with Gasteiger partial charge < -0.3 is 10.6 Å². The van der Waals surface area contributed by atoms with Crippen molar-refractivity contribution in [2.45, 2.75) is 13.8 Å². The summed E-state index contributed by atoms with van der Waals surface area (Å²) in [5.41, 5.74) is 1.76. The summed E-state index contributed by atoms with van der Waals surface area (Å²) >= 11 is 3.43. The predicted octanol–water partition coefficient (Wildman–Crippen LogP) is 2.10. The van der Waals surface area contributed by atoms with Gasteiger partial charge in [0.2, 0.25) is 0 Å². The van der Waals surface area contributed by atoms with Crippen LogP contribution in [0.4, 0.5) is 0 Å². The van der Waals surface area contributed by atoms with Crippen molar-refractivity contribution in [1.82, 2.24) is 10.6 Å². The molecule has 16 heavy (non-hydrogen) atoms. The molecule has 0 spiro atoms. The quantitative estimate of drug-likeness (QED) is 0.813. The summed E-state index contributed by atoms with van der Waals surface area (Å²) in [6.45, 7) is 6.38. The van der Waals surface area contributed by atoms with Crippen molar-refractivity contribution >= 4 is 21.8 Å². The van der Waals surface area contributed by atoms with Crippen LogP contribution < -0.4 is 10.6 Å². The second-order valence-electron chi connectivity index (χ2n) is 3.55. The highest BCUT2D eigenvalue weighted by atomic mass is 79.9. The molecular weight excluding hydrogens is 268 g/mol. The maximum atomic E-state index is 11.8. The number of benzene rings is 1. The molecule has 1 aromatic rings. The minimum atomic E-state index is -0.0338. The molecular formula is C12H17BrN2O. The summed E-state index contributed by atoms with van der Waals surface area (Å²) in [4.78, 5) is 11.8. The molecule has 0 heterocycles. The molecule has 1 rings (SSSR count). The number of carbonyl (C=O) groups excluding carboxylic acids is 1. The number of nitrogens with one attached hydrogen (secondary N) is 2. The Morgan fingerprint density at radius 1 is 1.38 bits per heavy atom. The Hall–Kier alpha value is -0.870. The lowest BCUT2D eigenvalue weighted by Gasteiger charge is -2.08. The number of hydrogen-bond donors (Lipinski definition) is 2. The van der Waals surface area contributed by atoms with Gasteiger partial charge in [-0.25, -0.2) is 0 Å². The zero-order valence-electron chi connectivity index (χ0n) is 9.64. The Bertz CT molecular complexity index is 366. The molecule has 0 bridgehead atoms. The number of aryl methyl sites for hydroxylation is 1. The first-order valence-electron chi connectivity index (χ1n) is 5.40. The second-order valence-corrected chi connectivity index (χ2v) is 4.34. The summed E-state index contributed by atoms with van der Waals surface area (Å²) in [5.74, 6) is -0.0338. The standard InChI is InChI=1S/C12H17BrN2O/c1-3-14-7-8-15-12(16)10-6-4-5-9(2)11(10)13/h4-6,14H,3,7-8H2,1-2H3,(H,15,16). The third kappa shape index (κ3) is 3.61. The number of carbonyl (C=O) groups is 1. The van der Waals surface area contributed by atoms with Gasteiger partial charge in [-0.05, 0) is 41.0 Å². The molecule has 1 amide bonds. The molecule has 88 valence electrons. The van der Waals surface area contributed by atoms with Crippen LogP contribution in [0.15, 0.2) is 22.7 Å². The Kier molecular flexibility index (Phi) is 5.49. The molecule has 1 aromatic carbocycles. The van der Waals surface area contributed by atoms with Gasteiger partial charge >= 0.3 is 0 Å². The van der Waals surface area contributed by atoms with Gasteiger partial charge in [0, 0.05) is 17.6 Å². The Morgan fingerprint density at radius 3 is 2.81 bits per heavy atom. The van der Waals surface area contributed by atoms with E-state index < -0.39 is 0 Å². The first-order chi connectivity index (χ1) is 7.66. The zero-order valence-corrected chi connectivity index (χ0v) is 11.2. The van der Waals surface area contributed by atoms with Crippen LogP contribution in [-0.2, 0) is 0 Å². The number of amides is 1. The van der Waals surface area contributed by atoms with Gasteiger partial charge in [-0.15, -0.1) is 0 Å². The van der Waals surface area contributed by atoms with Crippen molar-refractivity contribution in [3.05, 3.63) is 33.8 Å². The largest absolute Gasteiger partial charge is 0.351 e. The van der Waals surface area contributed by atoms with Crippen LogP contribution in [0.1, 0.15) is 22.8 Å². The van der Waals surface area contributed by atoms with E-state index in [0.29, 0.717) is 12.1 Å². The van der Waals surface area contributed by atoms with Gasteiger partial charge in [-0.1, -0.05) is 19.1 Å². The van der Waals surface area contributed by atoms with Crippen LogP contribution in [0.2, 0.25) is 0 Å². The average Bonchev–Trinajstić information content (AvgIpc) is 2.28. The summed E-state index contributed by atoms with van der Waals surface area (Å²) in [6, 6.07) is 5.68. The fourth-order valence-corrected chi connectivity index (χ4v) is 1.80. The van der Waals surface area contributed by atoms with E-state index in [2.05, 4.69) is 26.6 Å². The molecule has 0 fully saturated rings. The highest BCUT2D eigenvalue weighted by Crippen LogP contribution is 2.20.